The first-order valence-electron chi connectivity index (χ1n) is 5.71. The molecule has 0 spiro atoms. The van der Waals surface area contributed by atoms with Gasteiger partial charge in [-0.25, -0.2) is 17.2 Å². The molecule has 0 aromatic heterocycles. The minimum atomic E-state index is -5.94. The molecule has 0 atom stereocenters. The van der Waals surface area contributed by atoms with Crippen molar-refractivity contribution >= 4 is 33.0 Å². The molecule has 10 heteroatoms. The number of hydrogen-bond acceptors (Lipinski definition) is 2. The summed E-state index contributed by atoms with van der Waals surface area (Å²) >= 11 is 11.3. The first-order valence-corrected chi connectivity index (χ1v) is 7.95. The maximum absolute atomic E-state index is 13.9. The van der Waals surface area contributed by atoms with E-state index in [4.69, 9.17) is 23.2 Å². The minimum absolute atomic E-state index is 0.432. The average Bonchev–Trinajstić information content (AvgIpc) is 2.38. The van der Waals surface area contributed by atoms with Gasteiger partial charge in [0.05, 0.1) is 15.5 Å². The third-order valence-corrected chi connectivity index (χ3v) is 4.85. The minimum Gasteiger partial charge on any atom is -0.214 e. The highest BCUT2D eigenvalue weighted by Crippen LogP contribution is 2.43. The van der Waals surface area contributed by atoms with Crippen molar-refractivity contribution in [1.82, 2.24) is 0 Å². The van der Waals surface area contributed by atoms with E-state index in [2.05, 4.69) is 0 Å². The number of hydrogen-bond donors (Lipinski definition) is 0. The fourth-order valence-corrected chi connectivity index (χ4v) is 3.59. The maximum atomic E-state index is 13.9. The zero-order chi connectivity index (χ0) is 17.6. The molecule has 0 aliphatic carbocycles. The second-order valence-electron chi connectivity index (χ2n) is 4.31. The first-order chi connectivity index (χ1) is 10.5. The smallest absolute Gasteiger partial charge is 0.214 e. The first kappa shape index (κ1) is 18.0. The van der Waals surface area contributed by atoms with Crippen LogP contribution in [0.25, 0.3) is 11.1 Å². The summed E-state index contributed by atoms with van der Waals surface area (Å²) in [7, 11) is -5.94. The summed E-state index contributed by atoms with van der Waals surface area (Å²) in [4.78, 5) is -1.42. The summed E-state index contributed by atoms with van der Waals surface area (Å²) in [6.45, 7) is 0. The van der Waals surface area contributed by atoms with E-state index in [1.807, 2.05) is 0 Å². The standard InChI is InChI=1S/C13H5Cl2F5O2S/c14-6-4-7(15)11(12-8(16)2-1-3-9(12)17)10(5-6)23(21,22)13(18,19)20/h1-5H. The van der Waals surface area contributed by atoms with Gasteiger partial charge in [-0.05, 0) is 24.3 Å². The van der Waals surface area contributed by atoms with Gasteiger partial charge in [-0.1, -0.05) is 29.3 Å². The highest BCUT2D eigenvalue weighted by Gasteiger charge is 2.48. The highest BCUT2D eigenvalue weighted by molar-refractivity contribution is 7.92. The van der Waals surface area contributed by atoms with Gasteiger partial charge in [-0.2, -0.15) is 13.2 Å². The summed E-state index contributed by atoms with van der Waals surface area (Å²) in [5.41, 5.74) is -7.63. The Morgan fingerprint density at radius 1 is 0.913 bits per heavy atom. The van der Waals surface area contributed by atoms with Crippen molar-refractivity contribution in [1.29, 1.82) is 0 Å². The lowest BCUT2D eigenvalue weighted by atomic mass is 10.0. The fraction of sp³-hybridized carbons (Fsp3) is 0.0769. The molecule has 124 valence electrons. The van der Waals surface area contributed by atoms with Crippen LogP contribution in [0.2, 0.25) is 10.0 Å². The summed E-state index contributed by atoms with van der Waals surface area (Å²) < 4.78 is 89.6. The van der Waals surface area contributed by atoms with Crippen LogP contribution in [-0.4, -0.2) is 13.9 Å². The van der Waals surface area contributed by atoms with Crippen LogP contribution in [0.15, 0.2) is 35.2 Å². The molecule has 0 aliphatic rings. The van der Waals surface area contributed by atoms with Crippen LogP contribution in [0.1, 0.15) is 0 Å². The van der Waals surface area contributed by atoms with Crippen molar-refractivity contribution in [2.24, 2.45) is 0 Å². The molecular formula is C13H5Cl2F5O2S. The van der Waals surface area contributed by atoms with Crippen LogP contribution in [-0.2, 0) is 9.84 Å². The molecule has 0 fully saturated rings. The Kier molecular flexibility index (Phi) is 4.62. The van der Waals surface area contributed by atoms with Gasteiger partial charge in [-0.3, -0.25) is 0 Å². The maximum Gasteiger partial charge on any atom is 0.501 e. The molecule has 2 aromatic carbocycles. The predicted octanol–water partition coefficient (Wildman–Crippen LogP) is 5.23. The molecule has 0 aliphatic heterocycles. The Morgan fingerprint density at radius 2 is 1.43 bits per heavy atom. The van der Waals surface area contributed by atoms with Crippen LogP contribution >= 0.6 is 23.2 Å². The van der Waals surface area contributed by atoms with E-state index < -0.39 is 53.0 Å². The molecule has 0 bridgehead atoms. The van der Waals surface area contributed by atoms with Crippen molar-refractivity contribution in [3.8, 4) is 11.1 Å². The number of rotatable bonds is 2. The summed E-state index contributed by atoms with van der Waals surface area (Å²) in [6.07, 6.45) is 0. The zero-order valence-corrected chi connectivity index (χ0v) is 13.1. The molecule has 2 nitrogen and oxygen atoms in total. The number of sulfone groups is 1. The number of alkyl halides is 3. The largest absolute Gasteiger partial charge is 0.501 e. The van der Waals surface area contributed by atoms with Crippen molar-refractivity contribution in [2.45, 2.75) is 10.4 Å². The van der Waals surface area contributed by atoms with Gasteiger partial charge in [0.25, 0.3) is 9.84 Å². The third kappa shape index (κ3) is 3.15. The Morgan fingerprint density at radius 3 is 1.91 bits per heavy atom. The molecule has 0 saturated heterocycles. The molecule has 23 heavy (non-hydrogen) atoms. The van der Waals surface area contributed by atoms with Gasteiger partial charge in [0.2, 0.25) is 0 Å². The van der Waals surface area contributed by atoms with Gasteiger partial charge in [0, 0.05) is 10.6 Å². The summed E-state index contributed by atoms with van der Waals surface area (Å²) in [5.74, 6) is -2.54. The lowest BCUT2D eigenvalue weighted by Gasteiger charge is -2.16. The van der Waals surface area contributed by atoms with Crippen LogP contribution in [0.4, 0.5) is 22.0 Å². The lowest BCUT2D eigenvalue weighted by Crippen LogP contribution is -2.24. The Bertz CT molecular complexity index is 858. The molecule has 0 radical (unpaired) electrons. The molecule has 2 aromatic rings. The van der Waals surface area contributed by atoms with Crippen molar-refractivity contribution < 1.29 is 30.4 Å². The number of halogens is 7. The zero-order valence-electron chi connectivity index (χ0n) is 10.8. The van der Waals surface area contributed by atoms with E-state index in [1.165, 1.54) is 0 Å². The van der Waals surface area contributed by atoms with Crippen molar-refractivity contribution in [2.75, 3.05) is 0 Å². The van der Waals surface area contributed by atoms with Gasteiger partial charge in [0.15, 0.2) is 0 Å². The van der Waals surface area contributed by atoms with Crippen molar-refractivity contribution in [3.05, 3.63) is 52.0 Å². The molecule has 0 saturated carbocycles. The van der Waals surface area contributed by atoms with E-state index in [0.717, 1.165) is 24.3 Å². The van der Waals surface area contributed by atoms with E-state index in [0.29, 0.717) is 6.07 Å². The Balaban J connectivity index is 2.97. The molecular weight excluding hydrogens is 386 g/mol. The van der Waals surface area contributed by atoms with Crippen LogP contribution < -0.4 is 0 Å². The third-order valence-electron chi connectivity index (χ3n) is 2.83. The lowest BCUT2D eigenvalue weighted by molar-refractivity contribution is -0.0435. The average molecular weight is 391 g/mol. The second kappa shape index (κ2) is 5.92. The number of benzene rings is 2. The normalized spacial score (nSPS) is 12.5. The quantitative estimate of drug-likeness (QED) is 0.657. The molecule has 0 amide bonds. The Hall–Kier alpha value is -1.38. The SMILES string of the molecule is O=S(=O)(c1cc(Cl)cc(Cl)c1-c1c(F)cccc1F)C(F)(F)F. The van der Waals surface area contributed by atoms with E-state index in [1.54, 1.807) is 0 Å². The predicted molar refractivity (Wildman–Crippen MR) is 75.1 cm³/mol. The molecule has 2 rings (SSSR count). The van der Waals surface area contributed by atoms with Crippen LogP contribution in [0.3, 0.4) is 0 Å². The van der Waals surface area contributed by atoms with Crippen LogP contribution in [0, 0.1) is 11.6 Å². The monoisotopic (exact) mass is 390 g/mol. The molecule has 0 N–H and O–H groups in total. The fourth-order valence-electron chi connectivity index (χ4n) is 1.87. The molecule has 0 heterocycles. The van der Waals surface area contributed by atoms with Crippen LogP contribution in [0.5, 0.6) is 0 Å². The van der Waals surface area contributed by atoms with Gasteiger partial charge < -0.3 is 0 Å². The van der Waals surface area contributed by atoms with E-state index >= 15 is 0 Å². The van der Waals surface area contributed by atoms with Crippen molar-refractivity contribution in [3.63, 3.8) is 0 Å². The summed E-state index contributed by atoms with van der Waals surface area (Å²) in [6, 6.07) is 3.81. The van der Waals surface area contributed by atoms with E-state index in [-0.39, 0.29) is 0 Å². The second-order valence-corrected chi connectivity index (χ2v) is 7.06. The van der Waals surface area contributed by atoms with Gasteiger partial charge in [0.1, 0.15) is 11.6 Å². The van der Waals surface area contributed by atoms with Gasteiger partial charge >= 0.3 is 5.51 Å². The van der Waals surface area contributed by atoms with E-state index in [9.17, 15) is 30.4 Å². The van der Waals surface area contributed by atoms with Gasteiger partial charge in [-0.15, -0.1) is 0 Å². The summed E-state index contributed by atoms with van der Waals surface area (Å²) in [5, 5.41) is -1.07. The molecule has 0 unspecified atom stereocenters. The Labute approximate surface area is 137 Å². The topological polar surface area (TPSA) is 34.1 Å². The highest BCUT2D eigenvalue weighted by atomic mass is 35.5.